The maximum absolute atomic E-state index is 12.8. The van der Waals surface area contributed by atoms with Crippen molar-refractivity contribution in [1.29, 1.82) is 0 Å². The van der Waals surface area contributed by atoms with Gasteiger partial charge in [-0.05, 0) is 46.6 Å². The molecular weight excluding hydrogens is 434 g/mol. The maximum Gasteiger partial charge on any atom is 0.265 e. The second kappa shape index (κ2) is 7.72. The van der Waals surface area contributed by atoms with Crippen molar-refractivity contribution >= 4 is 43.2 Å². The van der Waals surface area contributed by atoms with Gasteiger partial charge in [-0.2, -0.15) is 0 Å². The highest BCUT2D eigenvalue weighted by atomic mass is 79.9. The molecule has 0 spiro atoms. The standard InChI is InChI=1S/C16H17BrClNO5S/c1-9-5-13(22-2)14(23-3)8-12(9)19-25(20,21)15-7-10(18)6-11(17)16(15)24-4/h5-8,19H,1-4H3. The molecule has 2 aromatic rings. The van der Waals surface area contributed by atoms with E-state index in [0.29, 0.717) is 27.2 Å². The largest absolute Gasteiger partial charge is 0.494 e. The normalized spacial score (nSPS) is 11.1. The zero-order valence-electron chi connectivity index (χ0n) is 14.0. The van der Waals surface area contributed by atoms with E-state index in [9.17, 15) is 8.42 Å². The number of ether oxygens (including phenoxy) is 3. The van der Waals surface area contributed by atoms with E-state index < -0.39 is 10.0 Å². The Balaban J connectivity index is 2.54. The molecule has 9 heteroatoms. The van der Waals surface area contributed by atoms with Crippen molar-refractivity contribution in [3.05, 3.63) is 39.3 Å². The average molecular weight is 451 g/mol. The van der Waals surface area contributed by atoms with Gasteiger partial charge in [-0.25, -0.2) is 8.42 Å². The Kier molecular flexibility index (Phi) is 6.08. The van der Waals surface area contributed by atoms with Gasteiger partial charge in [0, 0.05) is 11.1 Å². The van der Waals surface area contributed by atoms with Gasteiger partial charge in [0.1, 0.15) is 4.90 Å². The van der Waals surface area contributed by atoms with Gasteiger partial charge < -0.3 is 14.2 Å². The molecule has 0 aromatic heterocycles. The Labute approximate surface area is 160 Å². The number of benzene rings is 2. The quantitative estimate of drug-likeness (QED) is 0.712. The highest BCUT2D eigenvalue weighted by molar-refractivity contribution is 9.10. The van der Waals surface area contributed by atoms with E-state index >= 15 is 0 Å². The van der Waals surface area contributed by atoms with Crippen LogP contribution in [0.15, 0.2) is 33.6 Å². The van der Waals surface area contributed by atoms with Crippen LogP contribution in [0.3, 0.4) is 0 Å². The summed E-state index contributed by atoms with van der Waals surface area (Å²) in [7, 11) is 0.414. The van der Waals surface area contributed by atoms with E-state index in [2.05, 4.69) is 20.7 Å². The molecule has 0 saturated heterocycles. The number of aryl methyl sites for hydroxylation is 1. The number of hydrogen-bond donors (Lipinski definition) is 1. The third-order valence-corrected chi connectivity index (χ3v) is 5.62. The number of hydrogen-bond acceptors (Lipinski definition) is 5. The van der Waals surface area contributed by atoms with Crippen LogP contribution < -0.4 is 18.9 Å². The van der Waals surface area contributed by atoms with Gasteiger partial charge in [0.05, 0.1) is 31.5 Å². The second-order valence-corrected chi connectivity index (χ2v) is 7.99. The Bertz CT molecular complexity index is 902. The summed E-state index contributed by atoms with van der Waals surface area (Å²) in [6.07, 6.45) is 0. The van der Waals surface area contributed by atoms with Crippen LogP contribution in [0.5, 0.6) is 17.2 Å². The van der Waals surface area contributed by atoms with Crippen LogP contribution in [-0.4, -0.2) is 29.7 Å². The maximum atomic E-state index is 12.8. The first kappa shape index (κ1) is 19.7. The van der Waals surface area contributed by atoms with Gasteiger partial charge in [0.15, 0.2) is 17.2 Å². The fraction of sp³-hybridized carbons (Fsp3) is 0.250. The van der Waals surface area contributed by atoms with Gasteiger partial charge in [-0.1, -0.05) is 11.6 Å². The molecule has 25 heavy (non-hydrogen) atoms. The van der Waals surface area contributed by atoms with Crippen molar-refractivity contribution in [2.75, 3.05) is 26.1 Å². The lowest BCUT2D eigenvalue weighted by molar-refractivity contribution is 0.355. The van der Waals surface area contributed by atoms with Crippen molar-refractivity contribution in [2.45, 2.75) is 11.8 Å². The number of halogens is 2. The monoisotopic (exact) mass is 449 g/mol. The molecule has 0 saturated carbocycles. The Morgan fingerprint density at radius 1 is 1.00 bits per heavy atom. The van der Waals surface area contributed by atoms with Crippen molar-refractivity contribution < 1.29 is 22.6 Å². The smallest absolute Gasteiger partial charge is 0.265 e. The van der Waals surface area contributed by atoms with Crippen molar-refractivity contribution in [2.24, 2.45) is 0 Å². The van der Waals surface area contributed by atoms with Crippen molar-refractivity contribution in [1.82, 2.24) is 0 Å². The minimum atomic E-state index is -3.95. The zero-order valence-corrected chi connectivity index (χ0v) is 17.2. The molecule has 0 heterocycles. The lowest BCUT2D eigenvalue weighted by atomic mass is 10.2. The molecule has 0 radical (unpaired) electrons. The molecule has 2 rings (SSSR count). The highest BCUT2D eigenvalue weighted by Crippen LogP contribution is 2.38. The van der Waals surface area contributed by atoms with Gasteiger partial charge in [-0.3, -0.25) is 4.72 Å². The van der Waals surface area contributed by atoms with Crippen LogP contribution >= 0.6 is 27.5 Å². The predicted molar refractivity (Wildman–Crippen MR) is 101 cm³/mol. The first-order chi connectivity index (χ1) is 11.7. The molecule has 0 bridgehead atoms. The van der Waals surface area contributed by atoms with Crippen LogP contribution in [0, 0.1) is 6.92 Å². The fourth-order valence-electron chi connectivity index (χ4n) is 2.22. The third-order valence-electron chi connectivity index (χ3n) is 3.44. The SMILES string of the molecule is COc1cc(C)c(NS(=O)(=O)c2cc(Cl)cc(Br)c2OC)cc1OC. The Hall–Kier alpha value is -1.64. The number of anilines is 1. The van der Waals surface area contributed by atoms with Gasteiger partial charge in [-0.15, -0.1) is 0 Å². The summed E-state index contributed by atoms with van der Waals surface area (Å²) in [6, 6.07) is 6.12. The van der Waals surface area contributed by atoms with Crippen molar-refractivity contribution in [3.63, 3.8) is 0 Å². The first-order valence-electron chi connectivity index (χ1n) is 7.02. The van der Waals surface area contributed by atoms with Crippen LogP contribution in [0.25, 0.3) is 0 Å². The van der Waals surface area contributed by atoms with E-state index in [4.69, 9.17) is 25.8 Å². The third kappa shape index (κ3) is 4.13. The van der Waals surface area contributed by atoms with Crippen LogP contribution in [0.4, 0.5) is 5.69 Å². The zero-order chi connectivity index (χ0) is 18.8. The lowest BCUT2D eigenvalue weighted by Gasteiger charge is -2.16. The van der Waals surface area contributed by atoms with E-state index in [1.165, 1.54) is 27.4 Å². The van der Waals surface area contributed by atoms with Crippen molar-refractivity contribution in [3.8, 4) is 17.2 Å². The highest BCUT2D eigenvalue weighted by Gasteiger charge is 2.24. The number of rotatable bonds is 6. The van der Waals surface area contributed by atoms with Gasteiger partial charge in [0.25, 0.3) is 10.0 Å². The summed E-state index contributed by atoms with van der Waals surface area (Å²) in [5.74, 6) is 1.08. The minimum Gasteiger partial charge on any atom is -0.494 e. The molecule has 0 aliphatic rings. The van der Waals surface area contributed by atoms with E-state index in [1.54, 1.807) is 25.1 Å². The molecule has 6 nitrogen and oxygen atoms in total. The number of nitrogens with one attached hydrogen (secondary N) is 1. The summed E-state index contributed by atoms with van der Waals surface area (Å²) in [5.41, 5.74) is 1.03. The summed E-state index contributed by atoms with van der Waals surface area (Å²) in [4.78, 5) is -0.0800. The van der Waals surface area contributed by atoms with Gasteiger partial charge >= 0.3 is 0 Å². The minimum absolute atomic E-state index is 0.0800. The Morgan fingerprint density at radius 3 is 2.16 bits per heavy atom. The summed E-state index contributed by atoms with van der Waals surface area (Å²) in [6.45, 7) is 1.75. The number of methoxy groups -OCH3 is 3. The van der Waals surface area contributed by atoms with E-state index in [0.717, 1.165) is 0 Å². The summed E-state index contributed by atoms with van der Waals surface area (Å²) in [5, 5.41) is 0.261. The first-order valence-corrected chi connectivity index (χ1v) is 9.67. The predicted octanol–water partition coefficient (Wildman–Crippen LogP) is 4.24. The number of sulfonamides is 1. The summed E-state index contributed by atoms with van der Waals surface area (Å²) >= 11 is 9.25. The fourth-order valence-corrected chi connectivity index (χ4v) is 4.73. The van der Waals surface area contributed by atoms with E-state index in [-0.39, 0.29) is 15.7 Å². The molecule has 1 N–H and O–H groups in total. The van der Waals surface area contributed by atoms with Crippen LogP contribution in [0.2, 0.25) is 5.02 Å². The molecule has 0 aliphatic carbocycles. The molecule has 0 amide bonds. The van der Waals surface area contributed by atoms with E-state index in [1.807, 2.05) is 0 Å². The summed E-state index contributed by atoms with van der Waals surface area (Å²) < 4.78 is 44.3. The molecule has 136 valence electrons. The topological polar surface area (TPSA) is 73.9 Å². The molecule has 0 unspecified atom stereocenters. The molecule has 0 aliphatic heterocycles. The van der Waals surface area contributed by atoms with Gasteiger partial charge in [0.2, 0.25) is 0 Å². The molecule has 0 fully saturated rings. The second-order valence-electron chi connectivity index (χ2n) is 5.05. The van der Waals surface area contributed by atoms with Crippen LogP contribution in [-0.2, 0) is 10.0 Å². The molecular formula is C16H17BrClNO5S. The molecule has 2 aromatic carbocycles. The average Bonchev–Trinajstić information content (AvgIpc) is 2.55. The van der Waals surface area contributed by atoms with Crippen LogP contribution in [0.1, 0.15) is 5.56 Å². The molecule has 0 atom stereocenters. The lowest BCUT2D eigenvalue weighted by Crippen LogP contribution is -2.15. The Morgan fingerprint density at radius 2 is 1.60 bits per heavy atom.